The van der Waals surface area contributed by atoms with Crippen molar-refractivity contribution in [2.24, 2.45) is 5.92 Å². The molecule has 0 N–H and O–H groups in total. The van der Waals surface area contributed by atoms with Gasteiger partial charge in [-0.3, -0.25) is 0 Å². The normalized spacial score (nSPS) is 12.6. The minimum absolute atomic E-state index is 0.644. The molecule has 0 saturated carbocycles. The quantitative estimate of drug-likeness (QED) is 0.424. The summed E-state index contributed by atoms with van der Waals surface area (Å²) in [6, 6.07) is 8.46. The standard InChI is InChI=1S/C15H22Br2O/c1-2-3-9-18-10-8-13(12-16)11-14-6-4-5-7-15(14)17/h4-7,13H,2-3,8-12H2,1H3. The first-order valence-electron chi connectivity index (χ1n) is 6.65. The van der Waals surface area contributed by atoms with Gasteiger partial charge in [-0.2, -0.15) is 0 Å². The highest BCUT2D eigenvalue weighted by Crippen LogP contribution is 2.22. The van der Waals surface area contributed by atoms with Crippen LogP contribution in [0.1, 0.15) is 31.7 Å². The molecule has 18 heavy (non-hydrogen) atoms. The predicted molar refractivity (Wildman–Crippen MR) is 85.5 cm³/mol. The third-order valence-corrected chi connectivity index (χ3v) is 4.69. The van der Waals surface area contributed by atoms with Crippen molar-refractivity contribution >= 4 is 31.9 Å². The van der Waals surface area contributed by atoms with Crippen molar-refractivity contribution in [3.63, 3.8) is 0 Å². The molecule has 0 aliphatic rings. The van der Waals surface area contributed by atoms with Crippen LogP contribution in [0.4, 0.5) is 0 Å². The van der Waals surface area contributed by atoms with E-state index in [1.54, 1.807) is 0 Å². The van der Waals surface area contributed by atoms with Crippen molar-refractivity contribution in [3.8, 4) is 0 Å². The Hall–Kier alpha value is 0.140. The number of benzene rings is 1. The van der Waals surface area contributed by atoms with E-state index in [0.717, 1.165) is 31.4 Å². The molecule has 0 radical (unpaired) electrons. The lowest BCUT2D eigenvalue weighted by Crippen LogP contribution is -2.11. The fourth-order valence-corrected chi connectivity index (χ4v) is 2.81. The lowest BCUT2D eigenvalue weighted by atomic mass is 9.98. The van der Waals surface area contributed by atoms with E-state index in [1.165, 1.54) is 22.9 Å². The maximum atomic E-state index is 5.64. The highest BCUT2D eigenvalue weighted by Gasteiger charge is 2.10. The van der Waals surface area contributed by atoms with Crippen molar-refractivity contribution in [1.82, 2.24) is 0 Å². The Balaban J connectivity index is 2.31. The molecular weight excluding hydrogens is 356 g/mol. The van der Waals surface area contributed by atoms with Gasteiger partial charge >= 0.3 is 0 Å². The first-order valence-corrected chi connectivity index (χ1v) is 8.56. The second-order valence-corrected chi connectivity index (χ2v) is 6.07. The lowest BCUT2D eigenvalue weighted by molar-refractivity contribution is 0.120. The monoisotopic (exact) mass is 376 g/mol. The minimum Gasteiger partial charge on any atom is -0.381 e. The van der Waals surface area contributed by atoms with Gasteiger partial charge in [0.05, 0.1) is 0 Å². The molecule has 0 bridgehead atoms. The largest absolute Gasteiger partial charge is 0.381 e. The zero-order valence-electron chi connectivity index (χ0n) is 11.0. The topological polar surface area (TPSA) is 9.23 Å². The van der Waals surface area contributed by atoms with Gasteiger partial charge in [0.25, 0.3) is 0 Å². The molecule has 1 aromatic carbocycles. The number of alkyl halides is 1. The zero-order chi connectivity index (χ0) is 13.2. The molecule has 0 saturated heterocycles. The number of halogens is 2. The van der Waals surface area contributed by atoms with Crippen molar-refractivity contribution in [1.29, 1.82) is 0 Å². The summed E-state index contributed by atoms with van der Waals surface area (Å²) in [6.07, 6.45) is 4.60. The van der Waals surface area contributed by atoms with Crippen LogP contribution in [0.25, 0.3) is 0 Å². The summed E-state index contributed by atoms with van der Waals surface area (Å²) in [5, 5.41) is 1.03. The summed E-state index contributed by atoms with van der Waals surface area (Å²) in [4.78, 5) is 0. The first kappa shape index (κ1) is 16.2. The van der Waals surface area contributed by atoms with Crippen molar-refractivity contribution in [2.45, 2.75) is 32.6 Å². The second kappa shape index (κ2) is 9.99. The number of ether oxygens (including phenoxy) is 1. The molecule has 0 spiro atoms. The van der Waals surface area contributed by atoms with Crippen LogP contribution in [0.3, 0.4) is 0 Å². The number of hydrogen-bond acceptors (Lipinski definition) is 1. The van der Waals surface area contributed by atoms with Gasteiger partial charge < -0.3 is 4.74 Å². The minimum atomic E-state index is 0.644. The van der Waals surface area contributed by atoms with E-state index in [0.29, 0.717) is 5.92 Å². The molecule has 0 fully saturated rings. The van der Waals surface area contributed by atoms with Gasteiger partial charge in [-0.15, -0.1) is 0 Å². The van der Waals surface area contributed by atoms with Crippen LogP contribution >= 0.6 is 31.9 Å². The Morgan fingerprint density at radius 3 is 2.67 bits per heavy atom. The third-order valence-electron chi connectivity index (χ3n) is 3.00. The molecule has 0 aliphatic heterocycles. The molecule has 1 atom stereocenters. The Bertz CT molecular complexity index is 328. The van der Waals surface area contributed by atoms with E-state index < -0.39 is 0 Å². The molecule has 0 aromatic heterocycles. The average Bonchev–Trinajstić information content (AvgIpc) is 2.39. The Kier molecular flexibility index (Phi) is 8.99. The molecular formula is C15H22Br2O. The Morgan fingerprint density at radius 2 is 2.00 bits per heavy atom. The third kappa shape index (κ3) is 6.35. The van der Waals surface area contributed by atoms with Gasteiger partial charge in [-0.1, -0.05) is 63.4 Å². The van der Waals surface area contributed by atoms with E-state index in [1.807, 2.05) is 0 Å². The number of hydrogen-bond donors (Lipinski definition) is 0. The molecule has 1 nitrogen and oxygen atoms in total. The summed E-state index contributed by atoms with van der Waals surface area (Å²) in [6.45, 7) is 3.97. The van der Waals surface area contributed by atoms with Crippen LogP contribution in [-0.4, -0.2) is 18.5 Å². The van der Waals surface area contributed by atoms with E-state index in [2.05, 4.69) is 63.0 Å². The smallest absolute Gasteiger partial charge is 0.0469 e. The van der Waals surface area contributed by atoms with Crippen LogP contribution in [-0.2, 0) is 11.2 Å². The maximum Gasteiger partial charge on any atom is 0.0469 e. The molecule has 0 amide bonds. The fraction of sp³-hybridized carbons (Fsp3) is 0.600. The molecule has 0 aliphatic carbocycles. The van der Waals surface area contributed by atoms with Gasteiger partial charge in [0, 0.05) is 23.0 Å². The first-order chi connectivity index (χ1) is 8.77. The van der Waals surface area contributed by atoms with Crippen LogP contribution in [0.2, 0.25) is 0 Å². The van der Waals surface area contributed by atoms with Crippen molar-refractivity contribution < 1.29 is 4.74 Å². The Labute approximate surface area is 128 Å². The van der Waals surface area contributed by atoms with Crippen LogP contribution in [0.15, 0.2) is 28.7 Å². The fourth-order valence-electron chi connectivity index (χ4n) is 1.81. The average molecular weight is 378 g/mol. The molecule has 102 valence electrons. The van der Waals surface area contributed by atoms with Crippen LogP contribution < -0.4 is 0 Å². The van der Waals surface area contributed by atoms with E-state index in [-0.39, 0.29) is 0 Å². The highest BCUT2D eigenvalue weighted by atomic mass is 79.9. The number of rotatable bonds is 9. The van der Waals surface area contributed by atoms with Crippen molar-refractivity contribution in [3.05, 3.63) is 34.3 Å². The predicted octanol–water partition coefficient (Wildman–Crippen LogP) is 5.21. The maximum absolute atomic E-state index is 5.64. The van der Waals surface area contributed by atoms with E-state index in [4.69, 9.17) is 4.74 Å². The van der Waals surface area contributed by atoms with Crippen molar-refractivity contribution in [2.75, 3.05) is 18.5 Å². The molecule has 0 heterocycles. The van der Waals surface area contributed by atoms with Gasteiger partial charge in [0.2, 0.25) is 0 Å². The zero-order valence-corrected chi connectivity index (χ0v) is 14.2. The molecule has 1 unspecified atom stereocenters. The SMILES string of the molecule is CCCCOCCC(CBr)Cc1ccccc1Br. The number of unbranched alkanes of at least 4 members (excludes halogenated alkanes) is 1. The van der Waals surface area contributed by atoms with Crippen LogP contribution in [0, 0.1) is 5.92 Å². The van der Waals surface area contributed by atoms with Crippen LogP contribution in [0.5, 0.6) is 0 Å². The van der Waals surface area contributed by atoms with Gasteiger partial charge in [-0.25, -0.2) is 0 Å². The van der Waals surface area contributed by atoms with Gasteiger partial charge in [-0.05, 0) is 36.8 Å². The van der Waals surface area contributed by atoms with E-state index >= 15 is 0 Å². The summed E-state index contributed by atoms with van der Waals surface area (Å²) >= 11 is 7.22. The molecule has 3 heteroatoms. The Morgan fingerprint density at radius 1 is 1.22 bits per heavy atom. The van der Waals surface area contributed by atoms with E-state index in [9.17, 15) is 0 Å². The summed E-state index contributed by atoms with van der Waals surface area (Å²) in [5.41, 5.74) is 1.38. The second-order valence-electron chi connectivity index (χ2n) is 4.57. The lowest BCUT2D eigenvalue weighted by Gasteiger charge is -2.15. The highest BCUT2D eigenvalue weighted by molar-refractivity contribution is 9.10. The van der Waals surface area contributed by atoms with Gasteiger partial charge in [0.15, 0.2) is 0 Å². The molecule has 1 rings (SSSR count). The summed E-state index contributed by atoms with van der Waals surface area (Å²) < 4.78 is 6.85. The summed E-state index contributed by atoms with van der Waals surface area (Å²) in [7, 11) is 0. The molecule has 1 aromatic rings. The summed E-state index contributed by atoms with van der Waals surface area (Å²) in [5.74, 6) is 0.644. The van der Waals surface area contributed by atoms with Gasteiger partial charge in [0.1, 0.15) is 0 Å².